The van der Waals surface area contributed by atoms with Gasteiger partial charge in [0.2, 0.25) is 5.91 Å². The maximum atomic E-state index is 12.7. The lowest BCUT2D eigenvalue weighted by molar-refractivity contribution is -0.122. The van der Waals surface area contributed by atoms with Gasteiger partial charge >= 0.3 is 0 Å². The van der Waals surface area contributed by atoms with Gasteiger partial charge in [-0.2, -0.15) is 0 Å². The van der Waals surface area contributed by atoms with Gasteiger partial charge in [0.25, 0.3) is 5.91 Å². The zero-order valence-electron chi connectivity index (χ0n) is 14.4. The fourth-order valence-electron chi connectivity index (χ4n) is 3.41. The minimum absolute atomic E-state index is 0.0745. The van der Waals surface area contributed by atoms with Crippen LogP contribution in [0.15, 0.2) is 10.6 Å². The number of aromatic nitrogens is 2. The summed E-state index contributed by atoms with van der Waals surface area (Å²) in [6.45, 7) is 1.12. The Morgan fingerprint density at radius 3 is 2.85 bits per heavy atom. The molecule has 2 aliphatic carbocycles. The summed E-state index contributed by atoms with van der Waals surface area (Å²) < 4.78 is 5.30. The first-order valence-electron chi connectivity index (χ1n) is 9.22. The number of hydrogen-bond donors (Lipinski definition) is 1. The summed E-state index contributed by atoms with van der Waals surface area (Å²) in [4.78, 5) is 32.2. The monoisotopic (exact) mass is 372 g/mol. The number of carbonyl (C=O) groups is 2. The van der Waals surface area contributed by atoms with E-state index in [2.05, 4.69) is 15.5 Å². The van der Waals surface area contributed by atoms with Gasteiger partial charge in [-0.25, -0.2) is 4.98 Å². The van der Waals surface area contributed by atoms with E-state index < -0.39 is 0 Å². The summed E-state index contributed by atoms with van der Waals surface area (Å²) in [6.07, 6.45) is 6.01. The Hall–Kier alpha value is -2.22. The lowest BCUT2D eigenvalue weighted by Gasteiger charge is -2.25. The molecule has 2 fully saturated rings. The minimum atomic E-state index is -0.0975. The summed E-state index contributed by atoms with van der Waals surface area (Å²) >= 11 is 1.47. The predicted octanol–water partition coefficient (Wildman–Crippen LogP) is 2.95. The highest BCUT2D eigenvalue weighted by Crippen LogP contribution is 2.40. The van der Waals surface area contributed by atoms with Crippen molar-refractivity contribution in [3.63, 3.8) is 0 Å². The first-order chi connectivity index (χ1) is 12.7. The van der Waals surface area contributed by atoms with Crippen LogP contribution in [0.3, 0.4) is 0 Å². The van der Waals surface area contributed by atoms with Gasteiger partial charge in [-0.05, 0) is 25.7 Å². The van der Waals surface area contributed by atoms with E-state index in [-0.39, 0.29) is 17.7 Å². The largest absolute Gasteiger partial charge is 0.360 e. The lowest BCUT2D eigenvalue weighted by atomic mass is 9.85. The molecule has 0 radical (unpaired) electrons. The van der Waals surface area contributed by atoms with Gasteiger partial charge in [-0.3, -0.25) is 9.59 Å². The van der Waals surface area contributed by atoms with Gasteiger partial charge in [-0.15, -0.1) is 0 Å². The van der Waals surface area contributed by atoms with Gasteiger partial charge in [0.15, 0.2) is 10.8 Å². The van der Waals surface area contributed by atoms with Crippen LogP contribution in [0.2, 0.25) is 0 Å². The second-order valence-electron chi connectivity index (χ2n) is 7.37. The highest BCUT2D eigenvalue weighted by molar-refractivity contribution is 7.15. The Kier molecular flexibility index (Phi) is 3.81. The molecule has 0 spiro atoms. The molecule has 8 heteroatoms. The van der Waals surface area contributed by atoms with E-state index >= 15 is 0 Å². The summed E-state index contributed by atoms with van der Waals surface area (Å²) in [6, 6.07) is 1.78. The molecular weight excluding hydrogens is 352 g/mol. The van der Waals surface area contributed by atoms with Crippen molar-refractivity contribution in [3.05, 3.63) is 28.1 Å². The second kappa shape index (κ2) is 6.19. The molecule has 3 aliphatic rings. The molecule has 26 heavy (non-hydrogen) atoms. The van der Waals surface area contributed by atoms with E-state index in [1.54, 1.807) is 11.0 Å². The van der Waals surface area contributed by atoms with Crippen molar-refractivity contribution >= 4 is 28.3 Å². The second-order valence-corrected chi connectivity index (χ2v) is 8.46. The maximum absolute atomic E-state index is 12.7. The smallest absolute Gasteiger partial charge is 0.276 e. The first-order valence-corrected chi connectivity index (χ1v) is 10.0. The maximum Gasteiger partial charge on any atom is 0.276 e. The Balaban J connectivity index is 1.26. The summed E-state index contributed by atoms with van der Waals surface area (Å²) in [5.41, 5.74) is 1.38. The van der Waals surface area contributed by atoms with E-state index in [9.17, 15) is 9.59 Å². The molecule has 2 aromatic heterocycles. The van der Waals surface area contributed by atoms with Crippen LogP contribution in [-0.2, 0) is 17.8 Å². The molecule has 0 bridgehead atoms. The third kappa shape index (κ3) is 2.92. The van der Waals surface area contributed by atoms with Gasteiger partial charge in [0.1, 0.15) is 5.76 Å². The predicted molar refractivity (Wildman–Crippen MR) is 95.0 cm³/mol. The van der Waals surface area contributed by atoms with Gasteiger partial charge < -0.3 is 14.7 Å². The molecule has 1 N–H and O–H groups in total. The van der Waals surface area contributed by atoms with Gasteiger partial charge in [0.05, 0.1) is 12.2 Å². The minimum Gasteiger partial charge on any atom is -0.360 e. The first kappa shape index (κ1) is 16.0. The van der Waals surface area contributed by atoms with Crippen molar-refractivity contribution in [3.8, 4) is 0 Å². The molecule has 2 saturated carbocycles. The third-order valence-electron chi connectivity index (χ3n) is 5.45. The molecule has 3 heterocycles. The van der Waals surface area contributed by atoms with E-state index in [1.807, 2.05) is 0 Å². The van der Waals surface area contributed by atoms with E-state index in [0.717, 1.165) is 48.4 Å². The number of fused-ring (bicyclic) bond motifs is 1. The number of anilines is 1. The van der Waals surface area contributed by atoms with Gasteiger partial charge in [0, 0.05) is 35.7 Å². The summed E-state index contributed by atoms with van der Waals surface area (Å²) in [7, 11) is 0. The fourth-order valence-corrected chi connectivity index (χ4v) is 4.44. The number of hydrogen-bond acceptors (Lipinski definition) is 6. The van der Waals surface area contributed by atoms with E-state index in [1.165, 1.54) is 11.3 Å². The van der Waals surface area contributed by atoms with Crippen LogP contribution < -0.4 is 5.32 Å². The van der Waals surface area contributed by atoms with Crippen molar-refractivity contribution in [2.24, 2.45) is 5.92 Å². The average Bonchev–Trinajstić information content (AvgIpc) is 3.17. The molecule has 2 amide bonds. The average molecular weight is 372 g/mol. The molecule has 1 aliphatic heterocycles. The molecule has 0 saturated heterocycles. The van der Waals surface area contributed by atoms with Crippen LogP contribution >= 0.6 is 11.3 Å². The van der Waals surface area contributed by atoms with Crippen LogP contribution in [0.1, 0.15) is 64.8 Å². The van der Waals surface area contributed by atoms with Crippen molar-refractivity contribution < 1.29 is 14.1 Å². The van der Waals surface area contributed by atoms with Crippen LogP contribution in [0.4, 0.5) is 5.13 Å². The molecular formula is C18H20N4O3S. The van der Waals surface area contributed by atoms with Crippen molar-refractivity contribution in [2.45, 2.75) is 51.0 Å². The zero-order valence-corrected chi connectivity index (χ0v) is 15.2. The van der Waals surface area contributed by atoms with Crippen LogP contribution in [0, 0.1) is 5.92 Å². The normalized spacial score (nSPS) is 19.8. The van der Waals surface area contributed by atoms with Crippen molar-refractivity contribution in [1.82, 2.24) is 15.0 Å². The lowest BCUT2D eigenvalue weighted by Crippen LogP contribution is -2.35. The number of thiazole rings is 1. The fraction of sp³-hybridized carbons (Fsp3) is 0.556. The van der Waals surface area contributed by atoms with Gasteiger partial charge in [-0.1, -0.05) is 22.9 Å². The molecule has 2 aromatic rings. The molecule has 5 rings (SSSR count). The van der Waals surface area contributed by atoms with Crippen molar-refractivity contribution in [1.29, 1.82) is 0 Å². The highest BCUT2D eigenvalue weighted by Gasteiger charge is 2.32. The van der Waals surface area contributed by atoms with E-state index in [4.69, 9.17) is 4.52 Å². The van der Waals surface area contributed by atoms with Crippen LogP contribution in [0.25, 0.3) is 0 Å². The number of nitrogens with zero attached hydrogens (tertiary/aromatic N) is 3. The number of rotatable bonds is 4. The highest BCUT2D eigenvalue weighted by atomic mass is 32.1. The molecule has 0 atom stereocenters. The van der Waals surface area contributed by atoms with E-state index in [0.29, 0.717) is 36.3 Å². The molecule has 136 valence electrons. The molecule has 7 nitrogen and oxygen atoms in total. The Morgan fingerprint density at radius 2 is 2.12 bits per heavy atom. The Morgan fingerprint density at radius 1 is 1.27 bits per heavy atom. The molecule has 0 unspecified atom stereocenters. The Labute approximate surface area is 154 Å². The zero-order chi connectivity index (χ0) is 17.7. The quantitative estimate of drug-likeness (QED) is 0.891. The summed E-state index contributed by atoms with van der Waals surface area (Å²) in [5, 5.41) is 7.54. The molecule has 0 aromatic carbocycles. The standard InChI is InChI=1S/C18H20N4O3S/c23-16(11-2-1-3-11)20-18-19-12-6-7-22(9-15(12)26-18)17(24)13-8-14(25-21-13)10-4-5-10/h8,10-11H,1-7,9H2,(H,19,20,23). The SMILES string of the molecule is O=C(Nc1nc2c(s1)CN(C(=O)c1cc(C3CC3)on1)CC2)C1CCC1. The Bertz CT molecular complexity index is 866. The van der Waals surface area contributed by atoms with Crippen molar-refractivity contribution in [2.75, 3.05) is 11.9 Å². The number of amides is 2. The van der Waals surface area contributed by atoms with Crippen LogP contribution in [0.5, 0.6) is 0 Å². The third-order valence-corrected chi connectivity index (χ3v) is 6.45. The summed E-state index contributed by atoms with van der Waals surface area (Å²) in [5.74, 6) is 1.39. The van der Waals surface area contributed by atoms with Crippen LogP contribution in [-0.4, -0.2) is 33.4 Å². The number of nitrogens with one attached hydrogen (secondary N) is 1. The number of carbonyl (C=O) groups excluding carboxylic acids is 2. The topological polar surface area (TPSA) is 88.3 Å².